The standard InChI is InChI=1S/C15H18FN3/c1-3-11-5-4-6-18-14(11)15(19-17)12-7-10(2)8-13(16)9-12/h4-9,15,19H,3,17H2,1-2H3. The summed E-state index contributed by atoms with van der Waals surface area (Å²) in [7, 11) is 0. The van der Waals surface area contributed by atoms with Crippen molar-refractivity contribution in [3.63, 3.8) is 0 Å². The number of nitrogens with zero attached hydrogens (tertiary/aromatic N) is 1. The summed E-state index contributed by atoms with van der Waals surface area (Å²) in [6, 6.07) is 8.51. The third-order valence-electron chi connectivity index (χ3n) is 3.14. The zero-order valence-corrected chi connectivity index (χ0v) is 11.2. The van der Waals surface area contributed by atoms with Crippen molar-refractivity contribution in [2.75, 3.05) is 0 Å². The molecule has 0 aliphatic carbocycles. The molecule has 0 radical (unpaired) electrons. The maximum absolute atomic E-state index is 13.5. The van der Waals surface area contributed by atoms with Crippen molar-refractivity contribution in [3.05, 3.63) is 64.7 Å². The molecular weight excluding hydrogens is 241 g/mol. The minimum absolute atomic E-state index is 0.260. The first-order valence-corrected chi connectivity index (χ1v) is 6.32. The lowest BCUT2D eigenvalue weighted by Gasteiger charge is -2.19. The average Bonchev–Trinajstić information content (AvgIpc) is 2.39. The van der Waals surface area contributed by atoms with Crippen LogP contribution in [-0.4, -0.2) is 4.98 Å². The largest absolute Gasteiger partial charge is 0.271 e. The van der Waals surface area contributed by atoms with Crippen molar-refractivity contribution in [2.45, 2.75) is 26.3 Å². The van der Waals surface area contributed by atoms with E-state index >= 15 is 0 Å². The van der Waals surface area contributed by atoms with Gasteiger partial charge in [0.05, 0.1) is 11.7 Å². The van der Waals surface area contributed by atoms with Gasteiger partial charge >= 0.3 is 0 Å². The first kappa shape index (κ1) is 13.6. The summed E-state index contributed by atoms with van der Waals surface area (Å²) >= 11 is 0. The van der Waals surface area contributed by atoms with E-state index in [1.54, 1.807) is 6.20 Å². The number of hydrazine groups is 1. The molecule has 2 rings (SSSR count). The Morgan fingerprint density at radius 2 is 2.16 bits per heavy atom. The summed E-state index contributed by atoms with van der Waals surface area (Å²) in [5, 5.41) is 0. The number of halogens is 1. The smallest absolute Gasteiger partial charge is 0.123 e. The van der Waals surface area contributed by atoms with E-state index < -0.39 is 0 Å². The first-order chi connectivity index (χ1) is 9.15. The molecule has 1 heterocycles. The number of hydrogen-bond acceptors (Lipinski definition) is 3. The lowest BCUT2D eigenvalue weighted by molar-refractivity contribution is 0.593. The van der Waals surface area contributed by atoms with E-state index in [9.17, 15) is 4.39 Å². The van der Waals surface area contributed by atoms with Crippen LogP contribution in [0.2, 0.25) is 0 Å². The normalized spacial score (nSPS) is 12.4. The fraction of sp³-hybridized carbons (Fsp3) is 0.267. The number of aromatic nitrogens is 1. The van der Waals surface area contributed by atoms with E-state index in [2.05, 4.69) is 17.3 Å². The van der Waals surface area contributed by atoms with Crippen molar-refractivity contribution in [1.82, 2.24) is 10.4 Å². The van der Waals surface area contributed by atoms with Gasteiger partial charge in [0, 0.05) is 6.20 Å². The third kappa shape index (κ3) is 2.97. The molecule has 0 aliphatic heterocycles. The van der Waals surface area contributed by atoms with Gasteiger partial charge in [-0.1, -0.05) is 19.1 Å². The summed E-state index contributed by atoms with van der Waals surface area (Å²) in [4.78, 5) is 4.39. The lowest BCUT2D eigenvalue weighted by atomic mass is 9.97. The highest BCUT2D eigenvalue weighted by molar-refractivity contribution is 5.35. The topological polar surface area (TPSA) is 50.9 Å². The second-order valence-electron chi connectivity index (χ2n) is 4.56. The number of nitrogens with one attached hydrogen (secondary N) is 1. The van der Waals surface area contributed by atoms with E-state index in [1.807, 2.05) is 25.1 Å². The Bertz CT molecular complexity index is 549. The molecule has 1 unspecified atom stereocenters. The first-order valence-electron chi connectivity index (χ1n) is 6.32. The second kappa shape index (κ2) is 5.91. The zero-order valence-electron chi connectivity index (χ0n) is 11.2. The van der Waals surface area contributed by atoms with Crippen LogP contribution in [0.1, 0.15) is 35.3 Å². The predicted molar refractivity (Wildman–Crippen MR) is 73.9 cm³/mol. The van der Waals surface area contributed by atoms with E-state index in [4.69, 9.17) is 5.84 Å². The van der Waals surface area contributed by atoms with Crippen molar-refractivity contribution < 1.29 is 4.39 Å². The summed E-state index contributed by atoms with van der Waals surface area (Å²) in [6.07, 6.45) is 2.58. The van der Waals surface area contributed by atoms with Crippen LogP contribution in [0.15, 0.2) is 36.5 Å². The number of benzene rings is 1. The van der Waals surface area contributed by atoms with Crippen LogP contribution < -0.4 is 11.3 Å². The SMILES string of the molecule is CCc1cccnc1C(NN)c1cc(C)cc(F)c1. The van der Waals surface area contributed by atoms with Crippen molar-refractivity contribution in [1.29, 1.82) is 0 Å². The van der Waals surface area contributed by atoms with Gasteiger partial charge in [0.25, 0.3) is 0 Å². The molecule has 0 bridgehead atoms. The van der Waals surface area contributed by atoms with Gasteiger partial charge < -0.3 is 0 Å². The fourth-order valence-electron chi connectivity index (χ4n) is 2.27. The minimum Gasteiger partial charge on any atom is -0.271 e. The van der Waals surface area contributed by atoms with Gasteiger partial charge in [-0.25, -0.2) is 9.82 Å². The third-order valence-corrected chi connectivity index (χ3v) is 3.14. The molecule has 1 aromatic heterocycles. The van der Waals surface area contributed by atoms with Gasteiger partial charge in [-0.2, -0.15) is 0 Å². The van der Waals surface area contributed by atoms with Crippen molar-refractivity contribution in [3.8, 4) is 0 Å². The molecule has 1 aromatic carbocycles. The van der Waals surface area contributed by atoms with Crippen LogP contribution in [-0.2, 0) is 6.42 Å². The molecule has 19 heavy (non-hydrogen) atoms. The molecule has 2 aromatic rings. The average molecular weight is 259 g/mol. The molecule has 0 saturated heterocycles. The molecule has 0 aliphatic rings. The van der Waals surface area contributed by atoms with Gasteiger partial charge in [-0.05, 0) is 48.2 Å². The maximum Gasteiger partial charge on any atom is 0.123 e. The second-order valence-corrected chi connectivity index (χ2v) is 4.56. The van der Waals surface area contributed by atoms with Crippen LogP contribution in [0.4, 0.5) is 4.39 Å². The van der Waals surface area contributed by atoms with Gasteiger partial charge in [0.2, 0.25) is 0 Å². The summed E-state index contributed by atoms with van der Waals surface area (Å²) in [5.41, 5.74) is 6.33. The Labute approximate surface area is 112 Å². The Balaban J connectivity index is 2.49. The molecule has 0 amide bonds. The molecule has 0 saturated carbocycles. The molecule has 3 N–H and O–H groups in total. The number of hydrogen-bond donors (Lipinski definition) is 2. The molecule has 100 valence electrons. The van der Waals surface area contributed by atoms with Crippen molar-refractivity contribution in [2.24, 2.45) is 5.84 Å². The van der Waals surface area contributed by atoms with Crippen molar-refractivity contribution >= 4 is 0 Å². The highest BCUT2D eigenvalue weighted by Gasteiger charge is 2.17. The van der Waals surface area contributed by atoms with Gasteiger partial charge in [-0.3, -0.25) is 10.8 Å². The van der Waals surface area contributed by atoms with E-state index in [0.29, 0.717) is 0 Å². The van der Waals surface area contributed by atoms with Crippen LogP contribution in [0, 0.1) is 12.7 Å². The van der Waals surface area contributed by atoms with E-state index in [0.717, 1.165) is 28.8 Å². The number of nitrogens with two attached hydrogens (primary N) is 1. The van der Waals surface area contributed by atoms with Crippen LogP contribution in [0.25, 0.3) is 0 Å². The number of pyridine rings is 1. The van der Waals surface area contributed by atoms with Crippen LogP contribution >= 0.6 is 0 Å². The summed E-state index contributed by atoms with van der Waals surface area (Å²) in [5.74, 6) is 5.39. The molecule has 3 nitrogen and oxygen atoms in total. The van der Waals surface area contributed by atoms with Gasteiger partial charge in [0.15, 0.2) is 0 Å². The highest BCUT2D eigenvalue weighted by atomic mass is 19.1. The Hall–Kier alpha value is -1.78. The van der Waals surface area contributed by atoms with Crippen LogP contribution in [0.5, 0.6) is 0 Å². The zero-order chi connectivity index (χ0) is 13.8. The molecule has 0 fully saturated rings. The van der Waals surface area contributed by atoms with Gasteiger partial charge in [-0.15, -0.1) is 0 Å². The molecule has 0 spiro atoms. The number of aryl methyl sites for hydroxylation is 2. The minimum atomic E-state index is -0.300. The Morgan fingerprint density at radius 3 is 2.79 bits per heavy atom. The predicted octanol–water partition coefficient (Wildman–Crippen LogP) is 2.64. The van der Waals surface area contributed by atoms with E-state index in [-0.39, 0.29) is 11.9 Å². The van der Waals surface area contributed by atoms with E-state index in [1.165, 1.54) is 12.1 Å². The van der Waals surface area contributed by atoms with Crippen LogP contribution in [0.3, 0.4) is 0 Å². The Kier molecular flexibility index (Phi) is 4.24. The quantitative estimate of drug-likeness (QED) is 0.655. The molecular formula is C15H18FN3. The fourth-order valence-corrected chi connectivity index (χ4v) is 2.27. The summed E-state index contributed by atoms with van der Waals surface area (Å²) < 4.78 is 13.5. The summed E-state index contributed by atoms with van der Waals surface area (Å²) in [6.45, 7) is 3.92. The van der Waals surface area contributed by atoms with Gasteiger partial charge in [0.1, 0.15) is 5.82 Å². The highest BCUT2D eigenvalue weighted by Crippen LogP contribution is 2.24. The molecule has 1 atom stereocenters. The number of rotatable bonds is 4. The maximum atomic E-state index is 13.5. The lowest BCUT2D eigenvalue weighted by Crippen LogP contribution is -2.30. The Morgan fingerprint density at radius 1 is 1.37 bits per heavy atom. The monoisotopic (exact) mass is 259 g/mol. The molecule has 4 heteroatoms.